The zero-order valence-corrected chi connectivity index (χ0v) is 16.1. The number of ketones is 1. The summed E-state index contributed by atoms with van der Waals surface area (Å²) in [6.45, 7) is 6.27. The summed E-state index contributed by atoms with van der Waals surface area (Å²) in [7, 11) is 0. The van der Waals surface area contributed by atoms with Crippen molar-refractivity contribution in [1.29, 1.82) is 0 Å². The number of carbonyl (C=O) groups is 4. The van der Waals surface area contributed by atoms with E-state index in [0.717, 1.165) is 11.1 Å². The van der Waals surface area contributed by atoms with Gasteiger partial charge >= 0.3 is 11.9 Å². The Morgan fingerprint density at radius 1 is 1.15 bits per heavy atom. The molecule has 7 nitrogen and oxygen atoms in total. The Morgan fingerprint density at radius 2 is 1.74 bits per heavy atom. The molecule has 0 spiro atoms. The number of nitrogens with one attached hydrogen (secondary N) is 1. The maximum absolute atomic E-state index is 13.2. The molecule has 0 aromatic heterocycles. The van der Waals surface area contributed by atoms with Crippen LogP contribution < -0.4 is 5.32 Å². The van der Waals surface area contributed by atoms with Crippen LogP contribution in [0.5, 0.6) is 0 Å². The van der Waals surface area contributed by atoms with E-state index in [9.17, 15) is 19.2 Å². The third-order valence-electron chi connectivity index (χ3n) is 4.64. The van der Waals surface area contributed by atoms with Crippen molar-refractivity contribution in [3.8, 4) is 0 Å². The first-order valence-electron chi connectivity index (χ1n) is 9.04. The molecule has 1 aliphatic rings. The van der Waals surface area contributed by atoms with Crippen molar-refractivity contribution in [3.63, 3.8) is 0 Å². The highest BCUT2D eigenvalue weighted by Crippen LogP contribution is 2.35. The summed E-state index contributed by atoms with van der Waals surface area (Å²) in [6, 6.07) is 5.40. The molecule has 1 amide bonds. The molecule has 0 aliphatic heterocycles. The van der Waals surface area contributed by atoms with E-state index >= 15 is 0 Å². The number of carbonyl (C=O) groups excluding carboxylic acids is 4. The number of esters is 2. The Balaban J connectivity index is 2.59. The minimum absolute atomic E-state index is 0.00371. The molecule has 146 valence electrons. The van der Waals surface area contributed by atoms with Crippen LogP contribution >= 0.6 is 0 Å². The van der Waals surface area contributed by atoms with Crippen molar-refractivity contribution in [2.45, 2.75) is 46.1 Å². The van der Waals surface area contributed by atoms with E-state index in [1.807, 2.05) is 13.0 Å². The average molecular weight is 375 g/mol. The highest BCUT2D eigenvalue weighted by Gasteiger charge is 2.59. The van der Waals surface area contributed by atoms with Gasteiger partial charge in [-0.3, -0.25) is 9.59 Å². The highest BCUT2D eigenvalue weighted by molar-refractivity contribution is 6.15. The number of benzene rings is 1. The van der Waals surface area contributed by atoms with Gasteiger partial charge in [-0.1, -0.05) is 23.8 Å². The maximum Gasteiger partial charge on any atom is 0.344 e. The second-order valence-corrected chi connectivity index (χ2v) is 6.55. The molecule has 0 heterocycles. The van der Waals surface area contributed by atoms with E-state index < -0.39 is 29.3 Å². The number of amides is 1. The third kappa shape index (κ3) is 3.86. The summed E-state index contributed by atoms with van der Waals surface area (Å²) in [6.07, 6.45) is 0.709. The molecule has 1 unspecified atom stereocenters. The summed E-state index contributed by atoms with van der Waals surface area (Å²) in [5.74, 6) is -4.07. The first-order valence-corrected chi connectivity index (χ1v) is 9.04. The van der Waals surface area contributed by atoms with Gasteiger partial charge in [0.1, 0.15) is 0 Å². The van der Waals surface area contributed by atoms with E-state index in [0.29, 0.717) is 12.0 Å². The summed E-state index contributed by atoms with van der Waals surface area (Å²) in [4.78, 5) is 50.8. The molecule has 0 bridgehead atoms. The molecule has 0 radical (unpaired) electrons. The minimum atomic E-state index is -2.20. The molecule has 0 fully saturated rings. The van der Waals surface area contributed by atoms with Gasteiger partial charge in [0.15, 0.2) is 5.78 Å². The van der Waals surface area contributed by atoms with Crippen LogP contribution in [0.25, 0.3) is 0 Å². The monoisotopic (exact) mass is 375 g/mol. The molecule has 1 N–H and O–H groups in total. The predicted molar refractivity (Wildman–Crippen MR) is 97.1 cm³/mol. The van der Waals surface area contributed by atoms with Crippen LogP contribution in [-0.4, -0.2) is 42.4 Å². The average Bonchev–Trinajstić information content (AvgIpc) is 2.60. The minimum Gasteiger partial charge on any atom is -0.464 e. The Hall–Kier alpha value is -2.70. The van der Waals surface area contributed by atoms with Gasteiger partial charge in [-0.25, -0.2) is 9.59 Å². The smallest absolute Gasteiger partial charge is 0.344 e. The standard InChI is InChI=1S/C20H25NO6/c1-5-26-18(24)20(21-13(4)22,19(25)27-6-2)16-10-8-14-11-12(3)7-9-15(14)17(16)23/h7,9,11,16H,5-6,8,10H2,1-4H3,(H,21,22). The Kier molecular flexibility index (Phi) is 6.36. The molecular formula is C20H25NO6. The number of hydrogen-bond acceptors (Lipinski definition) is 6. The molecule has 0 saturated carbocycles. The maximum atomic E-state index is 13.2. The van der Waals surface area contributed by atoms with Crippen molar-refractivity contribution < 1.29 is 28.7 Å². The van der Waals surface area contributed by atoms with Crippen LogP contribution in [0.1, 0.15) is 48.7 Å². The Morgan fingerprint density at radius 3 is 2.26 bits per heavy atom. The molecule has 1 atom stereocenters. The fourth-order valence-electron chi connectivity index (χ4n) is 3.53. The van der Waals surface area contributed by atoms with E-state index in [4.69, 9.17) is 9.47 Å². The quantitative estimate of drug-likeness (QED) is 0.601. The van der Waals surface area contributed by atoms with Crippen molar-refractivity contribution in [1.82, 2.24) is 5.32 Å². The first kappa shape index (κ1) is 20.6. The van der Waals surface area contributed by atoms with Crippen LogP contribution in [0.4, 0.5) is 0 Å². The normalized spacial score (nSPS) is 16.3. The van der Waals surface area contributed by atoms with E-state index in [2.05, 4.69) is 5.32 Å². The van der Waals surface area contributed by atoms with Crippen molar-refractivity contribution in [3.05, 3.63) is 34.9 Å². The van der Waals surface area contributed by atoms with Gasteiger partial charge < -0.3 is 14.8 Å². The van der Waals surface area contributed by atoms with E-state index in [1.54, 1.807) is 26.0 Å². The molecular weight excluding hydrogens is 350 g/mol. The van der Waals surface area contributed by atoms with E-state index in [1.165, 1.54) is 6.92 Å². The molecule has 1 aliphatic carbocycles. The lowest BCUT2D eigenvalue weighted by Crippen LogP contribution is -2.67. The number of aryl methyl sites for hydroxylation is 2. The lowest BCUT2D eigenvalue weighted by Gasteiger charge is -2.38. The number of fused-ring (bicyclic) bond motifs is 1. The van der Waals surface area contributed by atoms with Gasteiger partial charge in [0, 0.05) is 12.5 Å². The zero-order chi connectivity index (χ0) is 20.2. The molecule has 1 aromatic rings. The molecule has 1 aromatic carbocycles. The van der Waals surface area contributed by atoms with Crippen LogP contribution in [0.2, 0.25) is 0 Å². The molecule has 2 rings (SSSR count). The third-order valence-corrected chi connectivity index (χ3v) is 4.64. The van der Waals surface area contributed by atoms with Crippen LogP contribution in [0.15, 0.2) is 18.2 Å². The Bertz CT molecular complexity index is 752. The number of Topliss-reactive ketones (excluding diaryl/α,β-unsaturated/α-hetero) is 1. The van der Waals surface area contributed by atoms with Crippen molar-refractivity contribution in [2.24, 2.45) is 5.92 Å². The number of rotatable bonds is 6. The fraction of sp³-hybridized carbons (Fsp3) is 0.500. The summed E-state index contributed by atoms with van der Waals surface area (Å²) in [5.41, 5.74) is 0.127. The van der Waals surface area contributed by atoms with Gasteiger partial charge in [-0.05, 0) is 39.2 Å². The summed E-state index contributed by atoms with van der Waals surface area (Å²) in [5, 5.41) is 2.40. The predicted octanol–water partition coefficient (Wildman–Crippen LogP) is 1.74. The van der Waals surface area contributed by atoms with Crippen LogP contribution in [0.3, 0.4) is 0 Å². The zero-order valence-electron chi connectivity index (χ0n) is 16.1. The fourth-order valence-corrected chi connectivity index (χ4v) is 3.53. The number of hydrogen-bond donors (Lipinski definition) is 1. The van der Waals surface area contributed by atoms with Crippen molar-refractivity contribution >= 4 is 23.6 Å². The first-order chi connectivity index (χ1) is 12.8. The molecule has 7 heteroatoms. The second-order valence-electron chi connectivity index (χ2n) is 6.55. The summed E-state index contributed by atoms with van der Waals surface area (Å²) < 4.78 is 10.2. The van der Waals surface area contributed by atoms with Crippen LogP contribution in [0, 0.1) is 12.8 Å². The lowest BCUT2D eigenvalue weighted by molar-refractivity contribution is -0.170. The Labute approximate surface area is 158 Å². The molecule has 0 saturated heterocycles. The topological polar surface area (TPSA) is 98.8 Å². The van der Waals surface area contributed by atoms with Gasteiger partial charge in [0.2, 0.25) is 11.4 Å². The molecule has 27 heavy (non-hydrogen) atoms. The lowest BCUT2D eigenvalue weighted by atomic mass is 9.71. The summed E-state index contributed by atoms with van der Waals surface area (Å²) >= 11 is 0. The van der Waals surface area contributed by atoms with Gasteiger partial charge in [0.05, 0.1) is 19.1 Å². The van der Waals surface area contributed by atoms with E-state index in [-0.39, 0.29) is 25.4 Å². The SMILES string of the molecule is CCOC(=O)C(NC(C)=O)(C(=O)OCC)C1CCc2cc(C)ccc2C1=O. The second kappa shape index (κ2) is 8.33. The van der Waals surface area contributed by atoms with Gasteiger partial charge in [-0.2, -0.15) is 0 Å². The van der Waals surface area contributed by atoms with Crippen molar-refractivity contribution in [2.75, 3.05) is 13.2 Å². The van der Waals surface area contributed by atoms with Gasteiger partial charge in [-0.15, -0.1) is 0 Å². The highest BCUT2D eigenvalue weighted by atomic mass is 16.6. The van der Waals surface area contributed by atoms with Gasteiger partial charge in [0.25, 0.3) is 0 Å². The number of ether oxygens (including phenoxy) is 2. The largest absolute Gasteiger partial charge is 0.464 e. The van der Waals surface area contributed by atoms with Crippen LogP contribution in [-0.2, 0) is 30.3 Å².